The van der Waals surface area contributed by atoms with E-state index in [-0.39, 0.29) is 30.0 Å². The van der Waals surface area contributed by atoms with E-state index >= 15 is 0 Å². The molecule has 0 radical (unpaired) electrons. The number of nitrogens with one attached hydrogen (secondary N) is 2. The van der Waals surface area contributed by atoms with Crippen LogP contribution in [0.2, 0.25) is 0 Å². The molecule has 0 aromatic heterocycles. The monoisotopic (exact) mass is 319 g/mol. The molecule has 0 bridgehead atoms. The summed E-state index contributed by atoms with van der Waals surface area (Å²) in [5.41, 5.74) is 3.59. The van der Waals surface area contributed by atoms with E-state index in [1.807, 2.05) is 0 Å². The number of rotatable bonds is 5. The number of carbonyl (C=O) groups excluding carboxylic acids is 2. The summed E-state index contributed by atoms with van der Waals surface area (Å²) < 4.78 is 12.8. The molecular formula is C17H22FN3O2. The van der Waals surface area contributed by atoms with Gasteiger partial charge in [0.25, 0.3) is 0 Å². The van der Waals surface area contributed by atoms with Crippen LogP contribution in [0.4, 0.5) is 10.1 Å². The van der Waals surface area contributed by atoms with Gasteiger partial charge in [0.15, 0.2) is 0 Å². The second kappa shape index (κ2) is 8.41. The highest BCUT2D eigenvalue weighted by molar-refractivity contribution is 6.05. The molecule has 0 heterocycles. The Kier molecular flexibility index (Phi) is 6.26. The number of hydrogen-bond donors (Lipinski definition) is 2. The average molecular weight is 319 g/mol. The Labute approximate surface area is 135 Å². The number of hydrogen-bond acceptors (Lipinski definition) is 3. The molecule has 0 spiro atoms. The van der Waals surface area contributed by atoms with Gasteiger partial charge in [-0.1, -0.05) is 19.3 Å². The Morgan fingerprint density at radius 2 is 1.83 bits per heavy atom. The Morgan fingerprint density at radius 3 is 2.48 bits per heavy atom. The highest BCUT2D eigenvalue weighted by Crippen LogP contribution is 2.23. The number of nitrogens with zero attached hydrogens (tertiary/aromatic N) is 1. The maximum Gasteiger partial charge on any atom is 0.243 e. The first-order chi connectivity index (χ1) is 11.0. The minimum atomic E-state index is -0.355. The highest BCUT2D eigenvalue weighted by Gasteiger charge is 2.20. The number of halogens is 1. The van der Waals surface area contributed by atoms with Crippen molar-refractivity contribution in [2.24, 2.45) is 11.0 Å². The molecule has 23 heavy (non-hydrogen) atoms. The maximum absolute atomic E-state index is 12.8. The third-order valence-corrected chi connectivity index (χ3v) is 3.88. The van der Waals surface area contributed by atoms with Crippen molar-refractivity contribution in [3.8, 4) is 0 Å². The molecule has 0 saturated heterocycles. The van der Waals surface area contributed by atoms with Crippen LogP contribution in [0.5, 0.6) is 0 Å². The number of carbonyl (C=O) groups is 2. The van der Waals surface area contributed by atoms with Crippen LogP contribution in [0.3, 0.4) is 0 Å². The Hall–Kier alpha value is -2.24. The zero-order valence-corrected chi connectivity index (χ0v) is 13.3. The minimum absolute atomic E-state index is 0.0355. The summed E-state index contributed by atoms with van der Waals surface area (Å²) in [5, 5.41) is 6.64. The molecule has 5 nitrogen and oxygen atoms in total. The SMILES string of the molecule is CC(CC(=O)Nc1ccc(F)cc1)=NNC(=O)C1CCCCC1. The van der Waals surface area contributed by atoms with Crippen molar-refractivity contribution in [3.05, 3.63) is 30.1 Å². The van der Waals surface area contributed by atoms with E-state index in [0.29, 0.717) is 11.4 Å². The fourth-order valence-corrected chi connectivity index (χ4v) is 2.62. The van der Waals surface area contributed by atoms with Crippen molar-refractivity contribution in [1.82, 2.24) is 5.43 Å². The van der Waals surface area contributed by atoms with Gasteiger partial charge >= 0.3 is 0 Å². The Balaban J connectivity index is 1.78. The van der Waals surface area contributed by atoms with Gasteiger partial charge in [0.2, 0.25) is 11.8 Å². The minimum Gasteiger partial charge on any atom is -0.326 e. The molecule has 0 aliphatic heterocycles. The van der Waals surface area contributed by atoms with Crippen LogP contribution in [0.1, 0.15) is 45.4 Å². The van der Waals surface area contributed by atoms with E-state index in [0.717, 1.165) is 25.7 Å². The topological polar surface area (TPSA) is 70.6 Å². The molecule has 0 atom stereocenters. The van der Waals surface area contributed by atoms with Crippen LogP contribution in [-0.4, -0.2) is 17.5 Å². The third-order valence-electron chi connectivity index (χ3n) is 3.88. The molecule has 1 aliphatic carbocycles. The van der Waals surface area contributed by atoms with E-state index in [1.54, 1.807) is 6.92 Å². The summed E-state index contributed by atoms with van der Waals surface area (Å²) >= 11 is 0. The van der Waals surface area contributed by atoms with Crippen molar-refractivity contribution >= 4 is 23.2 Å². The summed E-state index contributed by atoms with van der Waals surface area (Å²) in [4.78, 5) is 23.8. The first kappa shape index (κ1) is 17.1. The van der Waals surface area contributed by atoms with Crippen molar-refractivity contribution in [2.75, 3.05) is 5.32 Å². The number of anilines is 1. The van der Waals surface area contributed by atoms with Crippen LogP contribution in [0.25, 0.3) is 0 Å². The van der Waals surface area contributed by atoms with Crippen LogP contribution in [0, 0.1) is 11.7 Å². The number of hydrazone groups is 1. The predicted molar refractivity (Wildman–Crippen MR) is 87.5 cm³/mol. The second-order valence-electron chi connectivity index (χ2n) is 5.89. The molecule has 2 amide bonds. The average Bonchev–Trinajstić information content (AvgIpc) is 2.55. The van der Waals surface area contributed by atoms with E-state index in [2.05, 4.69) is 15.8 Å². The van der Waals surface area contributed by atoms with E-state index in [1.165, 1.54) is 30.7 Å². The molecule has 2 rings (SSSR count). The molecular weight excluding hydrogens is 297 g/mol. The summed E-state index contributed by atoms with van der Waals surface area (Å²) in [5.74, 6) is -0.646. The van der Waals surface area contributed by atoms with Crippen LogP contribution in [-0.2, 0) is 9.59 Å². The molecule has 1 aliphatic rings. The number of amides is 2. The van der Waals surface area contributed by atoms with Crippen molar-refractivity contribution < 1.29 is 14.0 Å². The van der Waals surface area contributed by atoms with Crippen LogP contribution < -0.4 is 10.7 Å². The first-order valence-electron chi connectivity index (χ1n) is 7.93. The number of benzene rings is 1. The second-order valence-corrected chi connectivity index (χ2v) is 5.89. The predicted octanol–water partition coefficient (Wildman–Crippen LogP) is 3.23. The van der Waals surface area contributed by atoms with Gasteiger partial charge in [-0.05, 0) is 44.0 Å². The van der Waals surface area contributed by atoms with E-state index in [4.69, 9.17) is 0 Å². The molecule has 0 unspecified atom stereocenters. The lowest BCUT2D eigenvalue weighted by Gasteiger charge is -2.19. The highest BCUT2D eigenvalue weighted by atomic mass is 19.1. The summed E-state index contributed by atoms with van der Waals surface area (Å²) in [6, 6.07) is 5.54. The van der Waals surface area contributed by atoms with Gasteiger partial charge < -0.3 is 5.32 Å². The molecule has 1 aromatic rings. The molecule has 6 heteroatoms. The smallest absolute Gasteiger partial charge is 0.243 e. The van der Waals surface area contributed by atoms with Crippen molar-refractivity contribution in [3.63, 3.8) is 0 Å². The van der Waals surface area contributed by atoms with Gasteiger partial charge in [-0.3, -0.25) is 9.59 Å². The fourth-order valence-electron chi connectivity index (χ4n) is 2.62. The van der Waals surface area contributed by atoms with E-state index in [9.17, 15) is 14.0 Å². The summed E-state index contributed by atoms with van der Waals surface area (Å²) in [6.45, 7) is 1.69. The molecule has 1 aromatic carbocycles. The summed E-state index contributed by atoms with van der Waals surface area (Å²) in [7, 11) is 0. The van der Waals surface area contributed by atoms with Gasteiger partial charge in [-0.2, -0.15) is 5.10 Å². The van der Waals surface area contributed by atoms with Crippen LogP contribution >= 0.6 is 0 Å². The lowest BCUT2D eigenvalue weighted by molar-refractivity contribution is -0.126. The fraction of sp³-hybridized carbons (Fsp3) is 0.471. The Morgan fingerprint density at radius 1 is 1.17 bits per heavy atom. The lowest BCUT2D eigenvalue weighted by Crippen LogP contribution is -2.29. The quantitative estimate of drug-likeness (QED) is 0.646. The maximum atomic E-state index is 12.8. The normalized spacial score (nSPS) is 16.0. The van der Waals surface area contributed by atoms with Gasteiger partial charge in [0.1, 0.15) is 5.82 Å². The lowest BCUT2D eigenvalue weighted by atomic mass is 9.89. The largest absolute Gasteiger partial charge is 0.326 e. The third kappa shape index (κ3) is 5.81. The van der Waals surface area contributed by atoms with E-state index < -0.39 is 0 Å². The summed E-state index contributed by atoms with van der Waals surface area (Å²) in [6.07, 6.45) is 5.25. The Bertz CT molecular complexity index is 578. The first-order valence-corrected chi connectivity index (χ1v) is 7.93. The zero-order chi connectivity index (χ0) is 16.7. The van der Waals surface area contributed by atoms with Gasteiger partial charge in [-0.25, -0.2) is 9.82 Å². The molecule has 1 fully saturated rings. The van der Waals surface area contributed by atoms with Crippen molar-refractivity contribution in [1.29, 1.82) is 0 Å². The molecule has 2 N–H and O–H groups in total. The van der Waals surface area contributed by atoms with Gasteiger partial charge in [-0.15, -0.1) is 0 Å². The molecule has 124 valence electrons. The van der Waals surface area contributed by atoms with Gasteiger partial charge in [0.05, 0.1) is 6.42 Å². The zero-order valence-electron chi connectivity index (χ0n) is 13.3. The van der Waals surface area contributed by atoms with Crippen molar-refractivity contribution in [2.45, 2.75) is 45.4 Å². The van der Waals surface area contributed by atoms with Gasteiger partial charge in [0, 0.05) is 17.3 Å². The standard InChI is InChI=1S/C17H22FN3O2/c1-12(20-21-17(23)13-5-3-2-4-6-13)11-16(22)19-15-9-7-14(18)8-10-15/h7-10,13H,2-6,11H2,1H3,(H,19,22)(H,21,23). The van der Waals surface area contributed by atoms with Crippen LogP contribution in [0.15, 0.2) is 29.4 Å². The molecule has 1 saturated carbocycles.